The van der Waals surface area contributed by atoms with Gasteiger partial charge in [0.25, 0.3) is 11.6 Å². The second-order valence-electron chi connectivity index (χ2n) is 4.89. The van der Waals surface area contributed by atoms with Crippen LogP contribution in [0.4, 0.5) is 5.69 Å². The zero-order valence-corrected chi connectivity index (χ0v) is 11.7. The van der Waals surface area contributed by atoms with Gasteiger partial charge in [-0.15, -0.1) is 0 Å². The van der Waals surface area contributed by atoms with Crippen LogP contribution in [-0.2, 0) is 4.79 Å². The fourth-order valence-corrected chi connectivity index (χ4v) is 2.72. The molecule has 0 spiro atoms. The molecule has 2 rings (SSSR count). The van der Waals surface area contributed by atoms with Crippen LogP contribution in [0, 0.1) is 16.0 Å². The minimum Gasteiger partial charge on any atom is -0.481 e. The number of nitro groups is 1. The zero-order valence-electron chi connectivity index (χ0n) is 11.0. The summed E-state index contributed by atoms with van der Waals surface area (Å²) in [5.74, 6) is -1.58. The number of hydrogen-bond acceptors (Lipinski definition) is 4. The third kappa shape index (κ3) is 3.30. The summed E-state index contributed by atoms with van der Waals surface area (Å²) in [5, 5.41) is 19.8. The van der Waals surface area contributed by atoms with Gasteiger partial charge in [0.2, 0.25) is 0 Å². The maximum absolute atomic E-state index is 12.4. The number of benzene rings is 1. The molecule has 1 atom stereocenters. The van der Waals surface area contributed by atoms with Crippen LogP contribution >= 0.6 is 11.6 Å². The highest BCUT2D eigenvalue weighted by molar-refractivity contribution is 6.34. The highest BCUT2D eigenvalue weighted by Gasteiger charge is 2.32. The molecule has 112 valence electrons. The Bertz CT molecular complexity index is 604. The van der Waals surface area contributed by atoms with Gasteiger partial charge < -0.3 is 10.0 Å². The van der Waals surface area contributed by atoms with Crippen LogP contribution in [0.1, 0.15) is 23.2 Å². The topological polar surface area (TPSA) is 101 Å². The van der Waals surface area contributed by atoms with E-state index in [1.54, 1.807) is 0 Å². The van der Waals surface area contributed by atoms with Crippen molar-refractivity contribution in [3.63, 3.8) is 0 Å². The molecule has 1 heterocycles. The Hall–Kier alpha value is -2.15. The van der Waals surface area contributed by atoms with E-state index in [4.69, 9.17) is 16.7 Å². The Morgan fingerprint density at radius 2 is 2.19 bits per heavy atom. The average molecular weight is 313 g/mol. The SMILES string of the molecule is O=C(O)CC1CCN(C(=O)c2c(Cl)cccc2[N+](=O)[O-])C1. The van der Waals surface area contributed by atoms with Gasteiger partial charge in [0.15, 0.2) is 0 Å². The minimum absolute atomic E-state index is 0.0194. The number of hydrogen-bond donors (Lipinski definition) is 1. The highest BCUT2D eigenvalue weighted by Crippen LogP contribution is 2.30. The smallest absolute Gasteiger partial charge is 0.303 e. The van der Waals surface area contributed by atoms with Gasteiger partial charge in [-0.25, -0.2) is 0 Å². The highest BCUT2D eigenvalue weighted by atomic mass is 35.5. The minimum atomic E-state index is -0.918. The van der Waals surface area contributed by atoms with Crippen LogP contribution in [0.5, 0.6) is 0 Å². The summed E-state index contributed by atoms with van der Waals surface area (Å²) in [6.07, 6.45) is 0.546. The average Bonchev–Trinajstić information content (AvgIpc) is 2.85. The molecule has 1 fully saturated rings. The lowest BCUT2D eigenvalue weighted by atomic mass is 10.1. The van der Waals surface area contributed by atoms with Gasteiger partial charge in [-0.1, -0.05) is 17.7 Å². The number of carboxylic acid groups (broad SMARTS) is 1. The van der Waals surface area contributed by atoms with Crippen LogP contribution in [-0.4, -0.2) is 39.9 Å². The number of carbonyl (C=O) groups is 2. The predicted octanol–water partition coefficient (Wildman–Crippen LogP) is 2.18. The molecule has 0 saturated carbocycles. The number of halogens is 1. The van der Waals surface area contributed by atoms with Crippen LogP contribution in [0.2, 0.25) is 5.02 Å². The van der Waals surface area contributed by atoms with Crippen molar-refractivity contribution in [3.8, 4) is 0 Å². The molecule has 7 nitrogen and oxygen atoms in total. The van der Waals surface area contributed by atoms with E-state index in [1.807, 2.05) is 0 Å². The van der Waals surface area contributed by atoms with E-state index in [-0.39, 0.29) is 35.2 Å². The molecule has 0 aliphatic carbocycles. The molecule has 0 bridgehead atoms. The summed E-state index contributed by atoms with van der Waals surface area (Å²) < 4.78 is 0. The van der Waals surface area contributed by atoms with Gasteiger partial charge in [-0.2, -0.15) is 0 Å². The van der Waals surface area contributed by atoms with Crippen LogP contribution in [0.25, 0.3) is 0 Å². The number of aliphatic carboxylic acids is 1. The van der Waals surface area contributed by atoms with Gasteiger partial charge in [-0.05, 0) is 18.4 Å². The summed E-state index contributed by atoms with van der Waals surface area (Å²) in [7, 11) is 0. The van der Waals surface area contributed by atoms with Crippen LogP contribution < -0.4 is 0 Å². The molecule has 1 aromatic carbocycles. The fraction of sp³-hybridized carbons (Fsp3) is 0.385. The quantitative estimate of drug-likeness (QED) is 0.678. The molecule has 0 radical (unpaired) electrons. The summed E-state index contributed by atoms with van der Waals surface area (Å²) in [6, 6.07) is 4.06. The van der Waals surface area contributed by atoms with E-state index in [0.29, 0.717) is 13.0 Å². The third-order valence-electron chi connectivity index (χ3n) is 3.44. The Balaban J connectivity index is 2.22. The first kappa shape index (κ1) is 15.2. The van der Waals surface area contributed by atoms with Crippen molar-refractivity contribution in [3.05, 3.63) is 38.9 Å². The summed E-state index contributed by atoms with van der Waals surface area (Å²) in [4.78, 5) is 34.9. The number of carbonyl (C=O) groups excluding carboxylic acids is 1. The van der Waals surface area contributed by atoms with Gasteiger partial charge in [0, 0.05) is 25.6 Å². The monoisotopic (exact) mass is 312 g/mol. The fourth-order valence-electron chi connectivity index (χ4n) is 2.47. The first-order valence-electron chi connectivity index (χ1n) is 6.34. The summed E-state index contributed by atoms with van der Waals surface area (Å²) in [6.45, 7) is 0.646. The Morgan fingerprint density at radius 1 is 1.48 bits per heavy atom. The molecule has 1 aliphatic rings. The van der Waals surface area contributed by atoms with Crippen molar-refractivity contribution >= 4 is 29.2 Å². The normalized spacial score (nSPS) is 17.8. The van der Waals surface area contributed by atoms with E-state index in [9.17, 15) is 19.7 Å². The molecule has 1 saturated heterocycles. The van der Waals surface area contributed by atoms with Gasteiger partial charge >= 0.3 is 5.97 Å². The standard InChI is InChI=1S/C13H13ClN2O5/c14-9-2-1-3-10(16(20)21)12(9)13(19)15-5-4-8(7-15)6-11(17)18/h1-3,8H,4-7H2,(H,17,18). The second kappa shape index (κ2) is 6.09. The summed E-state index contributed by atoms with van der Waals surface area (Å²) in [5.41, 5.74) is -0.477. The molecular formula is C13H13ClN2O5. The van der Waals surface area contributed by atoms with E-state index >= 15 is 0 Å². The number of rotatable bonds is 4. The van der Waals surface area contributed by atoms with Gasteiger partial charge in [0.1, 0.15) is 5.56 Å². The summed E-state index contributed by atoms with van der Waals surface area (Å²) >= 11 is 5.92. The Morgan fingerprint density at radius 3 is 2.81 bits per heavy atom. The van der Waals surface area contributed by atoms with Crippen molar-refractivity contribution in [1.82, 2.24) is 4.90 Å². The number of nitrogens with zero attached hydrogens (tertiary/aromatic N) is 2. The van der Waals surface area contributed by atoms with Crippen LogP contribution in [0.15, 0.2) is 18.2 Å². The van der Waals surface area contributed by atoms with Crippen molar-refractivity contribution in [1.29, 1.82) is 0 Å². The molecular weight excluding hydrogens is 300 g/mol. The van der Waals surface area contributed by atoms with Crippen molar-refractivity contribution < 1.29 is 19.6 Å². The van der Waals surface area contributed by atoms with E-state index in [2.05, 4.69) is 0 Å². The van der Waals surface area contributed by atoms with Crippen molar-refractivity contribution in [2.45, 2.75) is 12.8 Å². The first-order valence-corrected chi connectivity index (χ1v) is 6.72. The third-order valence-corrected chi connectivity index (χ3v) is 3.75. The number of likely N-dealkylation sites (tertiary alicyclic amines) is 1. The van der Waals surface area contributed by atoms with Crippen molar-refractivity contribution in [2.24, 2.45) is 5.92 Å². The lowest BCUT2D eigenvalue weighted by molar-refractivity contribution is -0.385. The molecule has 0 aromatic heterocycles. The first-order chi connectivity index (χ1) is 9.90. The van der Waals surface area contributed by atoms with E-state index in [1.165, 1.54) is 23.1 Å². The molecule has 21 heavy (non-hydrogen) atoms. The largest absolute Gasteiger partial charge is 0.481 e. The molecule has 1 aliphatic heterocycles. The number of amides is 1. The zero-order chi connectivity index (χ0) is 15.6. The maximum atomic E-state index is 12.4. The maximum Gasteiger partial charge on any atom is 0.303 e. The molecule has 1 unspecified atom stereocenters. The van der Waals surface area contributed by atoms with E-state index < -0.39 is 16.8 Å². The molecule has 8 heteroatoms. The van der Waals surface area contributed by atoms with Gasteiger partial charge in [-0.3, -0.25) is 19.7 Å². The number of carboxylic acids is 1. The lowest BCUT2D eigenvalue weighted by Gasteiger charge is -2.17. The molecule has 1 N–H and O–H groups in total. The van der Waals surface area contributed by atoms with Gasteiger partial charge in [0.05, 0.1) is 9.95 Å². The Kier molecular flexibility index (Phi) is 4.42. The Labute approximate surface area is 125 Å². The molecule has 1 amide bonds. The predicted molar refractivity (Wildman–Crippen MR) is 74.4 cm³/mol. The molecule has 1 aromatic rings. The van der Waals surface area contributed by atoms with E-state index in [0.717, 1.165) is 0 Å². The number of nitro benzene ring substituents is 1. The van der Waals surface area contributed by atoms with Crippen LogP contribution in [0.3, 0.4) is 0 Å². The lowest BCUT2D eigenvalue weighted by Crippen LogP contribution is -2.29. The van der Waals surface area contributed by atoms with Crippen molar-refractivity contribution in [2.75, 3.05) is 13.1 Å². The second-order valence-corrected chi connectivity index (χ2v) is 5.30.